The van der Waals surface area contributed by atoms with Crippen molar-refractivity contribution < 1.29 is 4.55 Å². The normalized spacial score (nSPS) is 13.9. The van der Waals surface area contributed by atoms with Gasteiger partial charge in [-0.2, -0.15) is 0 Å². The van der Waals surface area contributed by atoms with Gasteiger partial charge in [0.1, 0.15) is 21.1 Å². The van der Waals surface area contributed by atoms with Crippen LogP contribution in [0.1, 0.15) is 25.6 Å². The molecular weight excluding hydrogens is 278 g/mol. The molecule has 4 nitrogen and oxygen atoms in total. The van der Waals surface area contributed by atoms with E-state index in [1.54, 1.807) is 24.8 Å². The van der Waals surface area contributed by atoms with E-state index in [1.807, 2.05) is 32.9 Å². The van der Waals surface area contributed by atoms with Gasteiger partial charge in [-0.25, -0.2) is 4.98 Å². The molecule has 0 fully saturated rings. The largest absolute Gasteiger partial charge is 0.591 e. The molecular formula is C13H15N3OS2. The van der Waals surface area contributed by atoms with Gasteiger partial charge in [0.05, 0.1) is 11.1 Å². The van der Waals surface area contributed by atoms with E-state index in [-0.39, 0.29) is 4.75 Å². The zero-order valence-electron chi connectivity index (χ0n) is 11.0. The Labute approximate surface area is 120 Å². The van der Waals surface area contributed by atoms with Gasteiger partial charge in [0.15, 0.2) is 0 Å². The third-order valence-electron chi connectivity index (χ3n) is 2.25. The molecule has 0 aliphatic rings. The molecule has 2 aromatic heterocycles. The van der Waals surface area contributed by atoms with Gasteiger partial charge in [-0.3, -0.25) is 4.98 Å². The van der Waals surface area contributed by atoms with Crippen LogP contribution < -0.4 is 0 Å². The fourth-order valence-corrected chi connectivity index (χ4v) is 2.62. The van der Waals surface area contributed by atoms with Crippen LogP contribution in [0.15, 0.2) is 35.1 Å². The minimum absolute atomic E-state index is 0.338. The van der Waals surface area contributed by atoms with Crippen LogP contribution in [0.25, 0.3) is 10.6 Å². The first-order chi connectivity index (χ1) is 8.97. The van der Waals surface area contributed by atoms with Crippen molar-refractivity contribution in [2.24, 2.45) is 4.40 Å². The first kappa shape index (κ1) is 14.2. The summed E-state index contributed by atoms with van der Waals surface area (Å²) in [4.78, 5) is 9.19. The summed E-state index contributed by atoms with van der Waals surface area (Å²) < 4.78 is 15.5. The SMILES string of the molecule is CC(C)(C)[S@@+]([O-])/N=C/c1cnc(-c2ccncc2)s1. The highest BCUT2D eigenvalue weighted by Crippen LogP contribution is 2.24. The maximum Gasteiger partial charge on any atom is 0.144 e. The first-order valence-corrected chi connectivity index (χ1v) is 7.71. The lowest BCUT2D eigenvalue weighted by atomic mass is 10.3. The average molecular weight is 293 g/mol. The summed E-state index contributed by atoms with van der Waals surface area (Å²) in [6.45, 7) is 5.70. The van der Waals surface area contributed by atoms with Crippen molar-refractivity contribution in [1.82, 2.24) is 9.97 Å². The van der Waals surface area contributed by atoms with Crippen molar-refractivity contribution >= 4 is 28.9 Å². The summed E-state index contributed by atoms with van der Waals surface area (Å²) in [6.07, 6.45) is 6.84. The van der Waals surface area contributed by atoms with Crippen LogP contribution in [-0.4, -0.2) is 25.5 Å². The van der Waals surface area contributed by atoms with Crippen LogP contribution in [0.4, 0.5) is 0 Å². The van der Waals surface area contributed by atoms with Crippen LogP contribution in [0.3, 0.4) is 0 Å². The third-order valence-corrected chi connectivity index (χ3v) is 4.58. The van der Waals surface area contributed by atoms with E-state index >= 15 is 0 Å². The van der Waals surface area contributed by atoms with E-state index in [2.05, 4.69) is 14.4 Å². The molecule has 0 spiro atoms. The third kappa shape index (κ3) is 3.86. The molecule has 100 valence electrons. The van der Waals surface area contributed by atoms with Gasteiger partial charge in [0, 0.05) is 24.2 Å². The Morgan fingerprint density at radius 3 is 2.63 bits per heavy atom. The monoisotopic (exact) mass is 293 g/mol. The number of thiazole rings is 1. The summed E-state index contributed by atoms with van der Waals surface area (Å²) in [7, 11) is 0. The molecule has 2 rings (SSSR count). The maximum absolute atomic E-state index is 11.8. The van der Waals surface area contributed by atoms with Crippen LogP contribution >= 0.6 is 11.3 Å². The molecule has 2 aromatic rings. The molecule has 19 heavy (non-hydrogen) atoms. The lowest BCUT2D eigenvalue weighted by molar-refractivity contribution is 0.562. The van der Waals surface area contributed by atoms with Crippen LogP contribution in [-0.2, 0) is 11.4 Å². The van der Waals surface area contributed by atoms with E-state index in [0.717, 1.165) is 15.4 Å². The van der Waals surface area contributed by atoms with E-state index < -0.39 is 11.4 Å². The Bertz CT molecular complexity index is 561. The van der Waals surface area contributed by atoms with Crippen LogP contribution in [0, 0.1) is 0 Å². The molecule has 0 saturated heterocycles. The van der Waals surface area contributed by atoms with E-state index in [9.17, 15) is 4.55 Å². The number of hydrogen-bond donors (Lipinski definition) is 0. The van der Waals surface area contributed by atoms with E-state index in [1.165, 1.54) is 11.3 Å². The van der Waals surface area contributed by atoms with Crippen molar-refractivity contribution in [3.05, 3.63) is 35.6 Å². The molecule has 1 atom stereocenters. The van der Waals surface area contributed by atoms with Crippen molar-refractivity contribution in [3.8, 4) is 10.6 Å². The Kier molecular flexibility index (Phi) is 4.34. The summed E-state index contributed by atoms with van der Waals surface area (Å²) in [5.74, 6) is 0. The van der Waals surface area contributed by atoms with Gasteiger partial charge >= 0.3 is 0 Å². The number of pyridine rings is 1. The number of rotatable bonds is 3. The van der Waals surface area contributed by atoms with Crippen LogP contribution in [0.5, 0.6) is 0 Å². The van der Waals surface area contributed by atoms with Crippen molar-refractivity contribution in [3.63, 3.8) is 0 Å². The standard InChI is InChI=1S/C13H15N3OS2/c1-13(2,3)19(17)16-9-11-8-15-12(18-11)10-4-6-14-7-5-10/h4-9H,1-3H3/b16-9+/t19-/m1/s1. The van der Waals surface area contributed by atoms with Gasteiger partial charge in [-0.1, -0.05) is 4.40 Å². The van der Waals surface area contributed by atoms with Gasteiger partial charge in [0.25, 0.3) is 0 Å². The molecule has 0 N–H and O–H groups in total. The van der Waals surface area contributed by atoms with Crippen molar-refractivity contribution in [2.75, 3.05) is 0 Å². The highest BCUT2D eigenvalue weighted by molar-refractivity contribution is 7.91. The quantitative estimate of drug-likeness (QED) is 0.645. The Hall–Kier alpha value is -1.24. The molecule has 0 radical (unpaired) electrons. The van der Waals surface area contributed by atoms with Gasteiger partial charge in [0.2, 0.25) is 0 Å². The lowest BCUT2D eigenvalue weighted by Gasteiger charge is -2.17. The minimum atomic E-state index is -1.23. The smallest absolute Gasteiger partial charge is 0.144 e. The van der Waals surface area contributed by atoms with E-state index in [4.69, 9.17) is 0 Å². The van der Waals surface area contributed by atoms with Gasteiger partial charge in [-0.15, -0.1) is 11.3 Å². The molecule has 6 heteroatoms. The predicted octanol–water partition coefficient (Wildman–Crippen LogP) is 3.09. The number of aromatic nitrogens is 2. The fourth-order valence-electron chi connectivity index (χ4n) is 1.23. The predicted molar refractivity (Wildman–Crippen MR) is 80.8 cm³/mol. The zero-order valence-corrected chi connectivity index (χ0v) is 12.7. The second-order valence-corrected chi connectivity index (χ2v) is 7.90. The average Bonchev–Trinajstić information content (AvgIpc) is 2.84. The van der Waals surface area contributed by atoms with Crippen molar-refractivity contribution in [2.45, 2.75) is 25.5 Å². The number of nitrogens with zero attached hydrogens (tertiary/aromatic N) is 3. The Balaban J connectivity index is 2.12. The molecule has 0 aliphatic heterocycles. The minimum Gasteiger partial charge on any atom is -0.591 e. The van der Waals surface area contributed by atoms with Gasteiger partial charge < -0.3 is 4.55 Å². The number of hydrogen-bond acceptors (Lipinski definition) is 5. The zero-order chi connectivity index (χ0) is 13.9. The Morgan fingerprint density at radius 1 is 1.32 bits per heavy atom. The maximum atomic E-state index is 11.8. The molecule has 2 heterocycles. The highest BCUT2D eigenvalue weighted by Gasteiger charge is 2.25. The highest BCUT2D eigenvalue weighted by atomic mass is 32.2. The summed E-state index contributed by atoms with van der Waals surface area (Å²) in [5.41, 5.74) is 1.02. The molecule has 0 saturated carbocycles. The summed E-state index contributed by atoms with van der Waals surface area (Å²) in [5, 5.41) is 0.908. The second-order valence-electron chi connectivity index (χ2n) is 4.90. The van der Waals surface area contributed by atoms with E-state index in [0.29, 0.717) is 0 Å². The van der Waals surface area contributed by atoms with Gasteiger partial charge in [-0.05, 0) is 32.9 Å². The van der Waals surface area contributed by atoms with Crippen molar-refractivity contribution in [1.29, 1.82) is 0 Å². The molecule has 0 amide bonds. The fraction of sp³-hybridized carbons (Fsp3) is 0.308. The summed E-state index contributed by atoms with van der Waals surface area (Å²) >= 11 is 0.281. The topological polar surface area (TPSA) is 61.2 Å². The first-order valence-electron chi connectivity index (χ1n) is 5.79. The summed E-state index contributed by atoms with van der Waals surface area (Å²) in [6, 6.07) is 3.82. The molecule has 0 bridgehead atoms. The molecule has 0 unspecified atom stereocenters. The lowest BCUT2D eigenvalue weighted by Crippen LogP contribution is -2.25. The molecule has 0 aliphatic carbocycles. The second kappa shape index (κ2) is 5.81. The Morgan fingerprint density at radius 2 is 2.00 bits per heavy atom. The molecule has 0 aromatic carbocycles. The van der Waals surface area contributed by atoms with Crippen LogP contribution in [0.2, 0.25) is 0 Å².